The predicted octanol–water partition coefficient (Wildman–Crippen LogP) is 0.725. The molecule has 1 aliphatic heterocycles. The number of aliphatic carboxylic acids is 1. The molecular weight excluding hydrogens is 402 g/mol. The molecule has 3 rings (SSSR count). The number of benzene rings is 1. The first kappa shape index (κ1) is 20.3. The van der Waals surface area contributed by atoms with E-state index in [1.165, 1.54) is 43.9 Å². The fraction of sp³-hybridized carbons (Fsp3) is 0.278. The Morgan fingerprint density at radius 1 is 1.24 bits per heavy atom. The summed E-state index contributed by atoms with van der Waals surface area (Å²) >= 11 is 1.17. The summed E-state index contributed by atoms with van der Waals surface area (Å²) in [4.78, 5) is 54.3. The van der Waals surface area contributed by atoms with Crippen molar-refractivity contribution in [2.45, 2.75) is 6.42 Å². The molecule has 29 heavy (non-hydrogen) atoms. The molecule has 2 aromatic rings. The maximum Gasteiger partial charge on any atom is 0.322 e. The Labute approximate surface area is 168 Å². The van der Waals surface area contributed by atoms with Gasteiger partial charge in [0.15, 0.2) is 22.7 Å². The standard InChI is InChI=1S/C18H17N3O7S/c1-27-11-5-9-10(6-12(11)28-2)21-17(26)18(15(9)24,7-13-19-3-4-29-13)16(25)20-8-14(22)23/h3-6H,7-8H2,1-2H3,(H,20,25)(H,21,26)(H,22,23). The number of nitrogens with one attached hydrogen (secondary N) is 2. The highest BCUT2D eigenvalue weighted by Crippen LogP contribution is 2.42. The topological polar surface area (TPSA) is 144 Å². The van der Waals surface area contributed by atoms with Crippen molar-refractivity contribution in [2.75, 3.05) is 26.1 Å². The third-order valence-electron chi connectivity index (χ3n) is 4.48. The molecule has 3 N–H and O–H groups in total. The highest BCUT2D eigenvalue weighted by Gasteiger charge is 2.56. The van der Waals surface area contributed by atoms with Crippen LogP contribution in [-0.4, -0.2) is 54.4 Å². The number of rotatable bonds is 7. The van der Waals surface area contributed by atoms with Crippen molar-refractivity contribution in [1.29, 1.82) is 0 Å². The molecule has 0 spiro atoms. The smallest absolute Gasteiger partial charge is 0.322 e. The molecule has 2 heterocycles. The van der Waals surface area contributed by atoms with Crippen LogP contribution in [0, 0.1) is 5.41 Å². The van der Waals surface area contributed by atoms with Crippen LogP contribution in [0.3, 0.4) is 0 Å². The van der Waals surface area contributed by atoms with E-state index in [-0.39, 0.29) is 23.4 Å². The van der Waals surface area contributed by atoms with Crippen LogP contribution in [0.25, 0.3) is 0 Å². The molecule has 1 aliphatic rings. The summed E-state index contributed by atoms with van der Waals surface area (Å²) in [6.07, 6.45) is 1.17. The Hall–Kier alpha value is -3.47. The molecule has 0 radical (unpaired) electrons. The van der Waals surface area contributed by atoms with Gasteiger partial charge in [-0.1, -0.05) is 0 Å². The van der Waals surface area contributed by atoms with Gasteiger partial charge >= 0.3 is 5.97 Å². The van der Waals surface area contributed by atoms with E-state index < -0.39 is 35.5 Å². The van der Waals surface area contributed by atoms with Crippen molar-refractivity contribution in [3.8, 4) is 11.5 Å². The highest BCUT2D eigenvalue weighted by atomic mass is 32.1. The van der Waals surface area contributed by atoms with Gasteiger partial charge in [0.1, 0.15) is 6.54 Å². The summed E-state index contributed by atoms with van der Waals surface area (Å²) in [6, 6.07) is 2.80. The second-order valence-corrected chi connectivity index (χ2v) is 7.10. The Morgan fingerprint density at radius 2 is 1.93 bits per heavy atom. The molecule has 0 fully saturated rings. The van der Waals surface area contributed by atoms with Crippen LogP contribution in [0.5, 0.6) is 11.5 Å². The number of hydrogen-bond acceptors (Lipinski definition) is 8. The van der Waals surface area contributed by atoms with Crippen molar-refractivity contribution in [3.05, 3.63) is 34.3 Å². The molecule has 1 atom stereocenters. The molecule has 11 heteroatoms. The molecule has 152 valence electrons. The maximum atomic E-state index is 13.4. The molecule has 0 saturated carbocycles. The van der Waals surface area contributed by atoms with Crippen molar-refractivity contribution in [1.82, 2.24) is 10.3 Å². The van der Waals surface area contributed by atoms with Gasteiger partial charge in [0, 0.05) is 29.6 Å². The average molecular weight is 419 g/mol. The van der Waals surface area contributed by atoms with E-state index in [1.807, 2.05) is 0 Å². The fourth-order valence-corrected chi connectivity index (χ4v) is 3.75. The van der Waals surface area contributed by atoms with E-state index in [2.05, 4.69) is 15.6 Å². The van der Waals surface area contributed by atoms with Crippen molar-refractivity contribution in [2.24, 2.45) is 5.41 Å². The van der Waals surface area contributed by atoms with E-state index in [1.54, 1.807) is 5.38 Å². The number of carboxylic acid groups (broad SMARTS) is 1. The van der Waals surface area contributed by atoms with Crippen LogP contribution in [0.15, 0.2) is 23.7 Å². The number of methoxy groups -OCH3 is 2. The zero-order chi connectivity index (χ0) is 21.2. The summed E-state index contributed by atoms with van der Waals surface area (Å²) in [5.74, 6) is -3.45. The van der Waals surface area contributed by atoms with E-state index in [9.17, 15) is 19.2 Å². The van der Waals surface area contributed by atoms with Gasteiger partial charge in [-0.3, -0.25) is 19.2 Å². The van der Waals surface area contributed by atoms with E-state index in [0.29, 0.717) is 10.8 Å². The Kier molecular flexibility index (Phi) is 5.50. The molecule has 10 nitrogen and oxygen atoms in total. The van der Waals surface area contributed by atoms with Gasteiger partial charge in [0.25, 0.3) is 0 Å². The minimum atomic E-state index is -2.21. The summed E-state index contributed by atoms with van der Waals surface area (Å²) in [5, 5.41) is 15.6. The monoisotopic (exact) mass is 419 g/mol. The number of fused-ring (bicyclic) bond motifs is 1. The third-order valence-corrected chi connectivity index (χ3v) is 5.26. The van der Waals surface area contributed by atoms with Crippen molar-refractivity contribution < 1.29 is 33.8 Å². The van der Waals surface area contributed by atoms with Crippen LogP contribution in [0.4, 0.5) is 5.69 Å². The Balaban J connectivity index is 2.13. The number of carbonyl (C=O) groups excluding carboxylic acids is 3. The number of aromatic nitrogens is 1. The summed E-state index contributed by atoms with van der Waals surface area (Å²) in [7, 11) is 2.79. The largest absolute Gasteiger partial charge is 0.493 e. The second kappa shape index (κ2) is 7.87. The minimum Gasteiger partial charge on any atom is -0.493 e. The SMILES string of the molecule is COc1cc2c(cc1OC)C(=O)C(Cc1nccs1)(C(=O)NCC(=O)O)C(=O)N2. The van der Waals surface area contributed by atoms with Crippen molar-refractivity contribution in [3.63, 3.8) is 0 Å². The molecule has 1 aromatic carbocycles. The molecule has 1 aromatic heterocycles. The normalized spacial score (nSPS) is 17.9. The summed E-state index contributed by atoms with van der Waals surface area (Å²) in [6.45, 7) is -0.738. The van der Waals surface area contributed by atoms with Crippen LogP contribution in [0.2, 0.25) is 0 Å². The van der Waals surface area contributed by atoms with Crippen LogP contribution >= 0.6 is 11.3 Å². The van der Waals surface area contributed by atoms with E-state index >= 15 is 0 Å². The van der Waals surface area contributed by atoms with Gasteiger partial charge in [0.05, 0.1) is 24.9 Å². The second-order valence-electron chi connectivity index (χ2n) is 6.12. The fourth-order valence-electron chi connectivity index (χ4n) is 3.05. The molecular formula is C18H17N3O7S. The van der Waals surface area contributed by atoms with Gasteiger partial charge in [-0.15, -0.1) is 11.3 Å². The quantitative estimate of drug-likeness (QED) is 0.557. The van der Waals surface area contributed by atoms with Gasteiger partial charge in [-0.25, -0.2) is 4.98 Å². The molecule has 0 aliphatic carbocycles. The number of thiazole rings is 1. The first-order valence-corrected chi connectivity index (χ1v) is 9.22. The van der Waals surface area contributed by atoms with E-state index in [0.717, 1.165) is 0 Å². The first-order chi connectivity index (χ1) is 13.8. The highest BCUT2D eigenvalue weighted by molar-refractivity contribution is 7.09. The Morgan fingerprint density at radius 3 is 2.52 bits per heavy atom. The third kappa shape index (κ3) is 3.51. The van der Waals surface area contributed by atoms with Crippen LogP contribution < -0.4 is 20.1 Å². The lowest BCUT2D eigenvalue weighted by atomic mass is 9.73. The number of anilines is 1. The summed E-state index contributed by atoms with van der Waals surface area (Å²) in [5.41, 5.74) is -2.00. The van der Waals surface area contributed by atoms with Gasteiger partial charge < -0.3 is 25.2 Å². The number of Topliss-reactive ketones (excluding diaryl/α,β-unsaturated/α-hetero) is 1. The lowest BCUT2D eigenvalue weighted by molar-refractivity contribution is -0.142. The molecule has 2 amide bonds. The first-order valence-electron chi connectivity index (χ1n) is 8.34. The minimum absolute atomic E-state index is 0.0456. The van der Waals surface area contributed by atoms with Crippen LogP contribution in [0.1, 0.15) is 15.4 Å². The zero-order valence-corrected chi connectivity index (χ0v) is 16.3. The zero-order valence-electron chi connectivity index (χ0n) is 15.5. The lowest BCUT2D eigenvalue weighted by Crippen LogP contribution is -2.58. The van der Waals surface area contributed by atoms with E-state index in [4.69, 9.17) is 14.6 Å². The number of ketones is 1. The summed E-state index contributed by atoms with van der Waals surface area (Å²) < 4.78 is 10.4. The number of ether oxygens (including phenoxy) is 2. The molecule has 1 unspecified atom stereocenters. The number of carbonyl (C=O) groups is 4. The van der Waals surface area contributed by atoms with Gasteiger partial charge in [0.2, 0.25) is 11.8 Å². The maximum absolute atomic E-state index is 13.4. The number of hydrogen-bond donors (Lipinski definition) is 3. The number of nitrogens with zero attached hydrogens (tertiary/aromatic N) is 1. The lowest BCUT2D eigenvalue weighted by Gasteiger charge is -2.34. The van der Waals surface area contributed by atoms with Gasteiger partial charge in [-0.05, 0) is 6.07 Å². The molecule has 0 bridgehead atoms. The van der Waals surface area contributed by atoms with Crippen LogP contribution in [-0.2, 0) is 20.8 Å². The van der Waals surface area contributed by atoms with Gasteiger partial charge in [-0.2, -0.15) is 0 Å². The Bertz CT molecular complexity index is 990. The average Bonchev–Trinajstić information content (AvgIpc) is 3.21. The molecule has 0 saturated heterocycles. The van der Waals surface area contributed by atoms with Crippen molar-refractivity contribution >= 4 is 40.6 Å². The number of carboxylic acids is 1. The number of amides is 2. The predicted molar refractivity (Wildman–Crippen MR) is 101 cm³/mol.